The summed E-state index contributed by atoms with van der Waals surface area (Å²) in [6.45, 7) is 1.83. The standard InChI is InChI=1S/C18H16N2O2/c1-12-19-11-16(13-6-5-7-14(10-13)22-2)18(20-12)15-8-3-4-9-17(15)21/h3-11,21H,1-2H3. The van der Waals surface area contributed by atoms with Gasteiger partial charge in [0.2, 0.25) is 0 Å². The lowest BCUT2D eigenvalue weighted by Crippen LogP contribution is -1.95. The normalized spacial score (nSPS) is 10.5. The smallest absolute Gasteiger partial charge is 0.125 e. The minimum atomic E-state index is 0.199. The van der Waals surface area contributed by atoms with E-state index in [4.69, 9.17) is 4.74 Å². The molecule has 2 aromatic carbocycles. The predicted octanol–water partition coefficient (Wildman–Crippen LogP) is 3.83. The molecule has 1 N–H and O–H groups in total. The second-order valence-electron chi connectivity index (χ2n) is 4.93. The zero-order chi connectivity index (χ0) is 15.5. The molecule has 0 amide bonds. The van der Waals surface area contributed by atoms with Gasteiger partial charge < -0.3 is 9.84 Å². The van der Waals surface area contributed by atoms with Crippen molar-refractivity contribution < 1.29 is 9.84 Å². The number of para-hydroxylation sites is 1. The molecule has 0 atom stereocenters. The second-order valence-corrected chi connectivity index (χ2v) is 4.93. The third-order valence-electron chi connectivity index (χ3n) is 3.45. The van der Waals surface area contributed by atoms with Crippen LogP contribution in [-0.4, -0.2) is 22.2 Å². The molecule has 0 aliphatic carbocycles. The van der Waals surface area contributed by atoms with Gasteiger partial charge in [0.1, 0.15) is 17.3 Å². The van der Waals surface area contributed by atoms with Crippen molar-refractivity contribution in [1.82, 2.24) is 9.97 Å². The maximum absolute atomic E-state index is 10.1. The summed E-state index contributed by atoms with van der Waals surface area (Å²) in [7, 11) is 1.63. The van der Waals surface area contributed by atoms with Crippen LogP contribution in [0.15, 0.2) is 54.7 Å². The van der Waals surface area contributed by atoms with Crippen molar-refractivity contribution in [3.8, 4) is 33.9 Å². The summed E-state index contributed by atoms with van der Waals surface area (Å²) in [4.78, 5) is 8.82. The van der Waals surface area contributed by atoms with Crippen LogP contribution in [0.5, 0.6) is 11.5 Å². The number of methoxy groups -OCH3 is 1. The molecule has 0 bridgehead atoms. The van der Waals surface area contributed by atoms with Crippen molar-refractivity contribution in [2.24, 2.45) is 0 Å². The van der Waals surface area contributed by atoms with Gasteiger partial charge >= 0.3 is 0 Å². The van der Waals surface area contributed by atoms with Gasteiger partial charge in [-0.3, -0.25) is 0 Å². The van der Waals surface area contributed by atoms with Gasteiger partial charge in [0.05, 0.1) is 12.8 Å². The quantitative estimate of drug-likeness (QED) is 0.797. The van der Waals surface area contributed by atoms with Crippen LogP contribution in [0.4, 0.5) is 0 Å². The van der Waals surface area contributed by atoms with Crippen LogP contribution in [0.2, 0.25) is 0 Å². The molecule has 0 aliphatic heterocycles. The van der Waals surface area contributed by atoms with Crippen LogP contribution >= 0.6 is 0 Å². The van der Waals surface area contributed by atoms with E-state index in [1.165, 1.54) is 0 Å². The molecule has 3 aromatic rings. The lowest BCUT2D eigenvalue weighted by molar-refractivity contribution is 0.415. The number of benzene rings is 2. The van der Waals surface area contributed by atoms with E-state index >= 15 is 0 Å². The summed E-state index contributed by atoms with van der Waals surface area (Å²) < 4.78 is 5.28. The monoisotopic (exact) mass is 292 g/mol. The molecule has 0 radical (unpaired) electrons. The van der Waals surface area contributed by atoms with Gasteiger partial charge in [-0.2, -0.15) is 0 Å². The maximum Gasteiger partial charge on any atom is 0.125 e. The van der Waals surface area contributed by atoms with Gasteiger partial charge in [-0.05, 0) is 36.8 Å². The van der Waals surface area contributed by atoms with Crippen LogP contribution in [0, 0.1) is 6.92 Å². The van der Waals surface area contributed by atoms with Crippen molar-refractivity contribution >= 4 is 0 Å². The fraction of sp³-hybridized carbons (Fsp3) is 0.111. The Balaban J connectivity index is 2.22. The number of rotatable bonds is 3. The van der Waals surface area contributed by atoms with E-state index in [0.717, 1.165) is 16.9 Å². The Labute approximate surface area is 129 Å². The van der Waals surface area contributed by atoms with Crippen molar-refractivity contribution in [3.63, 3.8) is 0 Å². The number of aryl methyl sites for hydroxylation is 1. The third-order valence-corrected chi connectivity index (χ3v) is 3.45. The predicted molar refractivity (Wildman–Crippen MR) is 85.9 cm³/mol. The first-order valence-corrected chi connectivity index (χ1v) is 6.95. The zero-order valence-corrected chi connectivity index (χ0v) is 12.4. The molecule has 4 heteroatoms. The average Bonchev–Trinajstić information content (AvgIpc) is 2.55. The van der Waals surface area contributed by atoms with Crippen molar-refractivity contribution in [2.75, 3.05) is 7.11 Å². The summed E-state index contributed by atoms with van der Waals surface area (Å²) in [5, 5.41) is 10.1. The number of phenols is 1. The summed E-state index contributed by atoms with van der Waals surface area (Å²) in [6.07, 6.45) is 1.78. The molecule has 3 rings (SSSR count). The molecule has 1 heterocycles. The highest BCUT2D eigenvalue weighted by atomic mass is 16.5. The van der Waals surface area contributed by atoms with E-state index in [2.05, 4.69) is 9.97 Å². The molecule has 0 fully saturated rings. The largest absolute Gasteiger partial charge is 0.507 e. The lowest BCUT2D eigenvalue weighted by Gasteiger charge is -2.11. The molecule has 0 spiro atoms. The Morgan fingerprint density at radius 1 is 1.00 bits per heavy atom. The first-order chi connectivity index (χ1) is 10.7. The highest BCUT2D eigenvalue weighted by Gasteiger charge is 2.13. The van der Waals surface area contributed by atoms with E-state index in [9.17, 15) is 5.11 Å². The topological polar surface area (TPSA) is 55.2 Å². The SMILES string of the molecule is COc1cccc(-c2cnc(C)nc2-c2ccccc2O)c1. The Kier molecular flexibility index (Phi) is 3.74. The molecule has 1 aromatic heterocycles. The van der Waals surface area contributed by atoms with Crippen molar-refractivity contribution in [1.29, 1.82) is 0 Å². The van der Waals surface area contributed by atoms with E-state index < -0.39 is 0 Å². The summed E-state index contributed by atoms with van der Waals surface area (Å²) in [5.41, 5.74) is 3.19. The number of nitrogens with zero attached hydrogens (tertiary/aromatic N) is 2. The number of aromatic nitrogens is 2. The van der Waals surface area contributed by atoms with Crippen LogP contribution in [-0.2, 0) is 0 Å². The summed E-state index contributed by atoms with van der Waals surface area (Å²) in [5.74, 6) is 1.62. The van der Waals surface area contributed by atoms with Crippen LogP contribution in [0.25, 0.3) is 22.4 Å². The maximum atomic E-state index is 10.1. The molecular weight excluding hydrogens is 276 g/mol. The molecule has 4 nitrogen and oxygen atoms in total. The van der Waals surface area contributed by atoms with Gasteiger partial charge in [0, 0.05) is 17.3 Å². The van der Waals surface area contributed by atoms with E-state index in [1.54, 1.807) is 25.4 Å². The molecular formula is C18H16N2O2. The zero-order valence-electron chi connectivity index (χ0n) is 12.4. The molecule has 0 saturated heterocycles. The van der Waals surface area contributed by atoms with Gasteiger partial charge in [-0.1, -0.05) is 24.3 Å². The Hall–Kier alpha value is -2.88. The molecule has 0 unspecified atom stereocenters. The fourth-order valence-electron chi connectivity index (χ4n) is 2.35. The lowest BCUT2D eigenvalue weighted by atomic mass is 10.00. The van der Waals surface area contributed by atoms with E-state index in [1.807, 2.05) is 43.3 Å². The number of hydrogen-bond acceptors (Lipinski definition) is 4. The average molecular weight is 292 g/mol. The summed E-state index contributed by atoms with van der Waals surface area (Å²) in [6, 6.07) is 14.9. The van der Waals surface area contributed by atoms with Gasteiger partial charge in [0.25, 0.3) is 0 Å². The van der Waals surface area contributed by atoms with Crippen molar-refractivity contribution in [2.45, 2.75) is 6.92 Å². The van der Waals surface area contributed by atoms with Crippen LogP contribution in [0.1, 0.15) is 5.82 Å². The molecule has 110 valence electrons. The Morgan fingerprint density at radius 3 is 2.59 bits per heavy atom. The van der Waals surface area contributed by atoms with Crippen LogP contribution < -0.4 is 4.74 Å². The third kappa shape index (κ3) is 2.63. The number of phenolic OH excluding ortho intramolecular Hbond substituents is 1. The highest BCUT2D eigenvalue weighted by Crippen LogP contribution is 2.35. The number of aromatic hydroxyl groups is 1. The molecule has 22 heavy (non-hydrogen) atoms. The Bertz CT molecular complexity index is 816. The van der Waals surface area contributed by atoms with Gasteiger partial charge in [-0.25, -0.2) is 9.97 Å². The second kappa shape index (κ2) is 5.85. The summed E-state index contributed by atoms with van der Waals surface area (Å²) >= 11 is 0. The Morgan fingerprint density at radius 2 is 1.82 bits per heavy atom. The minimum Gasteiger partial charge on any atom is -0.507 e. The molecule has 0 saturated carbocycles. The highest BCUT2D eigenvalue weighted by molar-refractivity contribution is 5.83. The van der Waals surface area contributed by atoms with Gasteiger partial charge in [0.15, 0.2) is 0 Å². The first kappa shape index (κ1) is 14.1. The van der Waals surface area contributed by atoms with Crippen LogP contribution in [0.3, 0.4) is 0 Å². The van der Waals surface area contributed by atoms with E-state index in [-0.39, 0.29) is 5.75 Å². The fourth-order valence-corrected chi connectivity index (χ4v) is 2.35. The molecule has 0 aliphatic rings. The van der Waals surface area contributed by atoms with E-state index in [0.29, 0.717) is 17.1 Å². The first-order valence-electron chi connectivity index (χ1n) is 6.95. The number of ether oxygens (including phenoxy) is 1. The number of hydrogen-bond donors (Lipinski definition) is 1. The van der Waals surface area contributed by atoms with Crippen molar-refractivity contribution in [3.05, 3.63) is 60.6 Å². The van der Waals surface area contributed by atoms with Gasteiger partial charge in [-0.15, -0.1) is 0 Å². The minimum absolute atomic E-state index is 0.199.